The zero-order valence-electron chi connectivity index (χ0n) is 17.9. The lowest BCUT2D eigenvalue weighted by Crippen LogP contribution is -2.35. The van der Waals surface area contributed by atoms with Crippen molar-refractivity contribution in [3.05, 3.63) is 29.8 Å². The van der Waals surface area contributed by atoms with Gasteiger partial charge < -0.3 is 0 Å². The summed E-state index contributed by atoms with van der Waals surface area (Å²) in [5, 5.41) is 0. The van der Waals surface area contributed by atoms with Crippen LogP contribution in [-0.2, 0) is 16.4 Å². The van der Waals surface area contributed by atoms with Gasteiger partial charge in [0.15, 0.2) is 0 Å². The lowest BCUT2D eigenvalue weighted by atomic mass is 9.98. The molecule has 1 aromatic rings. The number of hydrogen-bond donors (Lipinski definition) is 1. The fraction of sp³-hybridized carbons (Fsp3) is 0.750. The van der Waals surface area contributed by atoms with E-state index in [1.165, 1.54) is 76.2 Å². The lowest BCUT2D eigenvalue weighted by molar-refractivity contribution is 0.440. The zero-order chi connectivity index (χ0) is 20.1. The van der Waals surface area contributed by atoms with Crippen molar-refractivity contribution in [2.45, 2.75) is 121 Å². The number of rotatable bonds is 8. The summed E-state index contributed by atoms with van der Waals surface area (Å²) in [5.74, 6) is 0. The van der Waals surface area contributed by atoms with Gasteiger partial charge in [0, 0.05) is 6.04 Å². The average molecular weight is 408 g/mol. The topological polar surface area (TPSA) is 46.2 Å². The maximum atomic E-state index is 12.9. The molecule has 1 N–H and O–H groups in total. The first-order valence-electron chi connectivity index (χ1n) is 11.7. The maximum absolute atomic E-state index is 12.9. The van der Waals surface area contributed by atoms with Crippen molar-refractivity contribution < 1.29 is 8.42 Å². The van der Waals surface area contributed by atoms with E-state index in [1.807, 2.05) is 12.1 Å². The van der Waals surface area contributed by atoms with E-state index in [-0.39, 0.29) is 6.04 Å². The van der Waals surface area contributed by atoms with Crippen LogP contribution in [-0.4, -0.2) is 14.5 Å². The normalized spacial score (nSPS) is 18.3. The molecule has 3 nitrogen and oxygen atoms in total. The Morgan fingerprint density at radius 1 is 0.786 bits per heavy atom. The minimum Gasteiger partial charge on any atom is -0.208 e. The van der Waals surface area contributed by atoms with Gasteiger partial charge in [0.05, 0.1) is 4.90 Å². The van der Waals surface area contributed by atoms with Crippen LogP contribution in [0.4, 0.5) is 0 Å². The summed E-state index contributed by atoms with van der Waals surface area (Å²) in [6.45, 7) is 2.22. The zero-order valence-corrected chi connectivity index (χ0v) is 18.7. The summed E-state index contributed by atoms with van der Waals surface area (Å²) in [4.78, 5) is 0.413. The largest absolute Gasteiger partial charge is 0.240 e. The van der Waals surface area contributed by atoms with Crippen molar-refractivity contribution in [1.82, 2.24) is 4.72 Å². The molecule has 0 saturated heterocycles. The fourth-order valence-electron chi connectivity index (χ4n) is 4.16. The quantitative estimate of drug-likeness (QED) is 0.484. The summed E-state index contributed by atoms with van der Waals surface area (Å²) >= 11 is 0. The molecule has 1 fully saturated rings. The number of benzene rings is 1. The summed E-state index contributed by atoms with van der Waals surface area (Å²) < 4.78 is 28.8. The molecule has 0 aromatic heterocycles. The molecule has 160 valence electrons. The smallest absolute Gasteiger partial charge is 0.208 e. The highest BCUT2D eigenvalue weighted by molar-refractivity contribution is 7.89. The molecule has 4 heteroatoms. The third-order valence-corrected chi connectivity index (χ3v) is 7.52. The van der Waals surface area contributed by atoms with Gasteiger partial charge in [-0.2, -0.15) is 0 Å². The van der Waals surface area contributed by atoms with Crippen molar-refractivity contribution in [3.8, 4) is 0 Å². The van der Waals surface area contributed by atoms with E-state index in [9.17, 15) is 8.42 Å². The van der Waals surface area contributed by atoms with E-state index in [2.05, 4.69) is 11.6 Å². The predicted molar refractivity (Wildman–Crippen MR) is 119 cm³/mol. The number of unbranched alkanes of at least 4 members (excludes halogenated alkanes) is 3. The molecule has 28 heavy (non-hydrogen) atoms. The Morgan fingerprint density at radius 2 is 1.32 bits per heavy atom. The standard InChI is InChI=1S/C24H41NO2S/c1-2-3-4-12-15-22-18-20-24(21-19-22)28(26,27)25-23-16-13-10-8-6-5-7-9-11-14-17-23/h18-21,23,25H,2-17H2,1H3. The molecule has 1 saturated carbocycles. The molecule has 0 heterocycles. The van der Waals surface area contributed by atoms with E-state index in [1.54, 1.807) is 12.1 Å². The molecular formula is C24H41NO2S. The molecule has 1 aromatic carbocycles. The predicted octanol–water partition coefficient (Wildman–Crippen LogP) is 6.76. The van der Waals surface area contributed by atoms with Gasteiger partial charge >= 0.3 is 0 Å². The first kappa shape index (κ1) is 23.4. The summed E-state index contributed by atoms with van der Waals surface area (Å²) in [6, 6.07) is 7.63. The van der Waals surface area contributed by atoms with Crippen LogP contribution in [0.5, 0.6) is 0 Å². The molecule has 0 unspecified atom stereocenters. The van der Waals surface area contributed by atoms with Gasteiger partial charge in [-0.05, 0) is 43.4 Å². The van der Waals surface area contributed by atoms with Gasteiger partial charge in [-0.15, -0.1) is 0 Å². The molecule has 2 rings (SSSR count). The second-order valence-electron chi connectivity index (χ2n) is 8.53. The van der Waals surface area contributed by atoms with E-state index < -0.39 is 10.0 Å². The molecule has 0 aliphatic heterocycles. The summed E-state index contributed by atoms with van der Waals surface area (Å²) in [5.41, 5.74) is 1.24. The summed E-state index contributed by atoms with van der Waals surface area (Å²) in [6.07, 6.45) is 19.2. The Balaban J connectivity index is 1.90. The number of nitrogens with one attached hydrogen (secondary N) is 1. The lowest BCUT2D eigenvalue weighted by Gasteiger charge is -2.19. The van der Waals surface area contributed by atoms with E-state index in [0.29, 0.717) is 4.90 Å². The maximum Gasteiger partial charge on any atom is 0.240 e. The number of sulfonamides is 1. The van der Waals surface area contributed by atoms with Crippen LogP contribution in [0.25, 0.3) is 0 Å². The van der Waals surface area contributed by atoms with Crippen molar-refractivity contribution in [1.29, 1.82) is 0 Å². The van der Waals surface area contributed by atoms with Crippen LogP contribution in [0, 0.1) is 0 Å². The molecule has 0 amide bonds. The van der Waals surface area contributed by atoms with Gasteiger partial charge in [-0.1, -0.05) is 96.1 Å². The molecule has 0 bridgehead atoms. The van der Waals surface area contributed by atoms with Gasteiger partial charge in [-0.3, -0.25) is 0 Å². The monoisotopic (exact) mass is 407 g/mol. The number of hydrogen-bond acceptors (Lipinski definition) is 2. The van der Waals surface area contributed by atoms with Crippen LogP contribution in [0.1, 0.15) is 109 Å². The van der Waals surface area contributed by atoms with Crippen LogP contribution in [0.2, 0.25) is 0 Å². The van der Waals surface area contributed by atoms with Gasteiger partial charge in [0.2, 0.25) is 10.0 Å². The van der Waals surface area contributed by atoms with Crippen LogP contribution in [0.3, 0.4) is 0 Å². The van der Waals surface area contributed by atoms with Crippen LogP contribution < -0.4 is 4.72 Å². The highest BCUT2D eigenvalue weighted by Gasteiger charge is 2.20. The van der Waals surface area contributed by atoms with Gasteiger partial charge in [-0.25, -0.2) is 13.1 Å². The van der Waals surface area contributed by atoms with Gasteiger partial charge in [0.1, 0.15) is 0 Å². The Hall–Kier alpha value is -0.870. The number of aryl methyl sites for hydroxylation is 1. The average Bonchev–Trinajstić information content (AvgIpc) is 2.68. The Kier molecular flexibility index (Phi) is 11.2. The Bertz CT molecular complexity index is 613. The minimum atomic E-state index is -3.42. The molecule has 0 atom stereocenters. The van der Waals surface area contributed by atoms with E-state index >= 15 is 0 Å². The van der Waals surface area contributed by atoms with Crippen molar-refractivity contribution >= 4 is 10.0 Å². The second kappa shape index (κ2) is 13.4. The van der Waals surface area contributed by atoms with Gasteiger partial charge in [0.25, 0.3) is 0 Å². The third kappa shape index (κ3) is 9.09. The fourth-order valence-corrected chi connectivity index (χ4v) is 5.46. The first-order valence-corrected chi connectivity index (χ1v) is 13.2. The van der Waals surface area contributed by atoms with Crippen molar-refractivity contribution in [2.24, 2.45) is 0 Å². The highest BCUT2D eigenvalue weighted by Crippen LogP contribution is 2.19. The highest BCUT2D eigenvalue weighted by atomic mass is 32.2. The Labute approximate surface area is 173 Å². The first-order chi connectivity index (χ1) is 13.6. The van der Waals surface area contributed by atoms with Crippen LogP contribution in [0.15, 0.2) is 29.2 Å². The molecule has 1 aliphatic carbocycles. The van der Waals surface area contributed by atoms with Crippen molar-refractivity contribution in [3.63, 3.8) is 0 Å². The molecule has 1 aliphatic rings. The molecule has 0 radical (unpaired) electrons. The SMILES string of the molecule is CCCCCCc1ccc(S(=O)(=O)NC2CCCCCCCCCCC2)cc1. The van der Waals surface area contributed by atoms with Crippen molar-refractivity contribution in [2.75, 3.05) is 0 Å². The Morgan fingerprint density at radius 3 is 1.86 bits per heavy atom. The minimum absolute atomic E-state index is 0.0816. The second-order valence-corrected chi connectivity index (χ2v) is 10.2. The van der Waals surface area contributed by atoms with Crippen LogP contribution >= 0.6 is 0 Å². The molecular weight excluding hydrogens is 366 g/mol. The summed E-state index contributed by atoms with van der Waals surface area (Å²) in [7, 11) is -3.42. The van der Waals surface area contributed by atoms with E-state index in [4.69, 9.17) is 0 Å². The third-order valence-electron chi connectivity index (χ3n) is 5.98. The molecule has 0 spiro atoms. The van der Waals surface area contributed by atoms with E-state index in [0.717, 1.165) is 32.1 Å².